The van der Waals surface area contributed by atoms with Crippen LogP contribution in [0.25, 0.3) is 10.8 Å². The smallest absolute Gasteiger partial charge is 0.308 e. The largest absolute Gasteiger partial charge is 0.323 e. The van der Waals surface area contributed by atoms with Gasteiger partial charge in [0, 0.05) is 11.1 Å². The molecule has 3 aromatic carbocycles. The Morgan fingerprint density at radius 1 is 0.955 bits per heavy atom. The van der Waals surface area contributed by atoms with E-state index in [-0.39, 0.29) is 5.82 Å². The zero-order valence-electron chi connectivity index (χ0n) is 12.1. The van der Waals surface area contributed by atoms with E-state index in [9.17, 15) is 9.18 Å². The van der Waals surface area contributed by atoms with Gasteiger partial charge in [-0.2, -0.15) is 0 Å². The van der Waals surface area contributed by atoms with Crippen molar-refractivity contribution in [3.05, 3.63) is 72.0 Å². The van der Waals surface area contributed by atoms with Gasteiger partial charge in [0.15, 0.2) is 0 Å². The summed E-state index contributed by atoms with van der Waals surface area (Å²) in [6, 6.07) is 17.7. The van der Waals surface area contributed by atoms with E-state index in [2.05, 4.69) is 10.6 Å². The molecule has 4 heteroatoms. The quantitative estimate of drug-likeness (QED) is 0.691. The molecule has 3 nitrogen and oxygen atoms in total. The van der Waals surface area contributed by atoms with Gasteiger partial charge in [-0.25, -0.2) is 9.18 Å². The molecule has 3 rings (SSSR count). The van der Waals surface area contributed by atoms with Gasteiger partial charge in [-0.1, -0.05) is 42.5 Å². The molecule has 0 aromatic heterocycles. The minimum absolute atomic E-state index is 0.344. The molecule has 0 unspecified atom stereocenters. The lowest BCUT2D eigenvalue weighted by molar-refractivity contribution is 0.262. The summed E-state index contributed by atoms with van der Waals surface area (Å²) in [5.74, 6) is -0.344. The van der Waals surface area contributed by atoms with Gasteiger partial charge in [0.05, 0.1) is 5.69 Å². The molecule has 0 aliphatic heterocycles. The molecule has 2 amide bonds. The Bertz CT molecular complexity index is 840. The topological polar surface area (TPSA) is 41.1 Å². The maximum absolute atomic E-state index is 13.5. The summed E-state index contributed by atoms with van der Waals surface area (Å²) in [6.07, 6.45) is 0. The number of halogens is 1. The van der Waals surface area contributed by atoms with Gasteiger partial charge in [-0.3, -0.25) is 0 Å². The van der Waals surface area contributed by atoms with Crippen LogP contribution >= 0.6 is 0 Å². The lowest BCUT2D eigenvalue weighted by Gasteiger charge is -2.10. The van der Waals surface area contributed by atoms with Crippen molar-refractivity contribution in [1.29, 1.82) is 0 Å². The Labute approximate surface area is 127 Å². The summed E-state index contributed by atoms with van der Waals surface area (Å²) in [5, 5.41) is 7.43. The summed E-state index contributed by atoms with van der Waals surface area (Å²) in [7, 11) is 0. The average Bonchev–Trinajstić information content (AvgIpc) is 2.51. The third-order valence-corrected chi connectivity index (χ3v) is 3.47. The molecule has 110 valence electrons. The van der Waals surface area contributed by atoms with Crippen molar-refractivity contribution in [1.82, 2.24) is 0 Å². The molecule has 0 aliphatic rings. The maximum atomic E-state index is 13.5. The van der Waals surface area contributed by atoms with Gasteiger partial charge in [-0.15, -0.1) is 0 Å². The predicted octanol–water partition coefficient (Wildman–Crippen LogP) is 4.93. The van der Waals surface area contributed by atoms with Crippen LogP contribution < -0.4 is 10.6 Å². The second kappa shape index (κ2) is 5.85. The lowest BCUT2D eigenvalue weighted by Crippen LogP contribution is -2.19. The van der Waals surface area contributed by atoms with Crippen LogP contribution in [0.3, 0.4) is 0 Å². The second-order valence-electron chi connectivity index (χ2n) is 5.07. The summed E-state index contributed by atoms with van der Waals surface area (Å²) in [5.41, 5.74) is 1.67. The Hall–Kier alpha value is -2.88. The van der Waals surface area contributed by atoms with Gasteiger partial charge in [0.25, 0.3) is 0 Å². The number of nitrogens with one attached hydrogen (secondary N) is 2. The molecular weight excluding hydrogens is 279 g/mol. The van der Waals surface area contributed by atoms with Crippen molar-refractivity contribution in [3.8, 4) is 0 Å². The fourth-order valence-electron chi connectivity index (χ4n) is 2.29. The number of hydrogen-bond donors (Lipinski definition) is 2. The molecule has 0 aliphatic carbocycles. The molecule has 22 heavy (non-hydrogen) atoms. The van der Waals surface area contributed by atoms with Crippen LogP contribution in [0.4, 0.5) is 20.6 Å². The Kier molecular flexibility index (Phi) is 3.74. The van der Waals surface area contributed by atoms with Gasteiger partial charge in [0.2, 0.25) is 0 Å². The van der Waals surface area contributed by atoms with Crippen molar-refractivity contribution < 1.29 is 9.18 Å². The molecule has 0 saturated heterocycles. The van der Waals surface area contributed by atoms with Gasteiger partial charge >= 0.3 is 6.03 Å². The van der Waals surface area contributed by atoms with E-state index in [0.717, 1.165) is 10.8 Å². The zero-order chi connectivity index (χ0) is 15.5. The van der Waals surface area contributed by atoms with E-state index in [0.29, 0.717) is 16.9 Å². The molecular formula is C18H15FN2O. The highest BCUT2D eigenvalue weighted by Crippen LogP contribution is 2.23. The minimum atomic E-state index is -0.403. The lowest BCUT2D eigenvalue weighted by atomic mass is 10.1. The number of fused-ring (bicyclic) bond motifs is 1. The van der Waals surface area contributed by atoms with E-state index in [1.54, 1.807) is 19.1 Å². The molecule has 0 fully saturated rings. The Morgan fingerprint density at radius 3 is 2.55 bits per heavy atom. The number of aryl methyl sites for hydroxylation is 1. The van der Waals surface area contributed by atoms with E-state index in [1.165, 1.54) is 6.07 Å². The van der Waals surface area contributed by atoms with Crippen LogP contribution in [0.15, 0.2) is 60.7 Å². The molecule has 0 atom stereocenters. The van der Waals surface area contributed by atoms with Crippen LogP contribution in [-0.4, -0.2) is 6.03 Å². The van der Waals surface area contributed by atoms with Crippen LogP contribution in [-0.2, 0) is 0 Å². The number of amides is 2. The minimum Gasteiger partial charge on any atom is -0.308 e. The summed E-state index contributed by atoms with van der Waals surface area (Å²) >= 11 is 0. The first-order valence-corrected chi connectivity index (χ1v) is 6.95. The SMILES string of the molecule is Cc1ccc(NC(=O)Nc2cccc3ccccc23)cc1F. The predicted molar refractivity (Wildman–Crippen MR) is 87.7 cm³/mol. The number of urea groups is 1. The number of anilines is 2. The van der Waals surface area contributed by atoms with E-state index < -0.39 is 6.03 Å². The Balaban J connectivity index is 1.80. The first-order valence-electron chi connectivity index (χ1n) is 6.95. The molecule has 0 heterocycles. The highest BCUT2D eigenvalue weighted by molar-refractivity contribution is 6.06. The third kappa shape index (κ3) is 2.91. The zero-order valence-corrected chi connectivity index (χ0v) is 12.1. The van der Waals surface area contributed by atoms with E-state index >= 15 is 0 Å². The Morgan fingerprint density at radius 2 is 1.73 bits per heavy atom. The van der Waals surface area contributed by atoms with Gasteiger partial charge in [-0.05, 0) is 36.1 Å². The number of benzene rings is 3. The van der Waals surface area contributed by atoms with Crippen molar-refractivity contribution in [3.63, 3.8) is 0 Å². The maximum Gasteiger partial charge on any atom is 0.323 e. The number of rotatable bonds is 2. The number of hydrogen-bond acceptors (Lipinski definition) is 1. The molecule has 0 bridgehead atoms. The normalized spacial score (nSPS) is 10.5. The highest BCUT2D eigenvalue weighted by atomic mass is 19.1. The molecule has 3 aromatic rings. The van der Waals surface area contributed by atoms with Crippen molar-refractivity contribution in [2.75, 3.05) is 10.6 Å². The molecule has 0 radical (unpaired) electrons. The first-order chi connectivity index (χ1) is 10.6. The fraction of sp³-hybridized carbons (Fsp3) is 0.0556. The number of carbonyl (C=O) groups excluding carboxylic acids is 1. The van der Waals surface area contributed by atoms with Crippen molar-refractivity contribution >= 4 is 28.2 Å². The summed E-state index contributed by atoms with van der Waals surface area (Å²) in [4.78, 5) is 12.1. The van der Waals surface area contributed by atoms with Crippen molar-refractivity contribution in [2.45, 2.75) is 6.92 Å². The molecule has 2 N–H and O–H groups in total. The van der Waals surface area contributed by atoms with Crippen LogP contribution in [0.1, 0.15) is 5.56 Å². The van der Waals surface area contributed by atoms with E-state index in [4.69, 9.17) is 0 Å². The first kappa shape index (κ1) is 14.1. The van der Waals surface area contributed by atoms with Gasteiger partial charge in [0.1, 0.15) is 5.82 Å². The van der Waals surface area contributed by atoms with Crippen LogP contribution in [0.5, 0.6) is 0 Å². The monoisotopic (exact) mass is 294 g/mol. The number of carbonyl (C=O) groups is 1. The molecule has 0 spiro atoms. The van der Waals surface area contributed by atoms with Crippen molar-refractivity contribution in [2.24, 2.45) is 0 Å². The molecule has 0 saturated carbocycles. The second-order valence-corrected chi connectivity index (χ2v) is 5.07. The average molecular weight is 294 g/mol. The fourth-order valence-corrected chi connectivity index (χ4v) is 2.29. The summed E-state index contributed by atoms with van der Waals surface area (Å²) < 4.78 is 13.5. The van der Waals surface area contributed by atoms with Crippen LogP contribution in [0.2, 0.25) is 0 Å². The van der Waals surface area contributed by atoms with E-state index in [1.807, 2.05) is 42.5 Å². The van der Waals surface area contributed by atoms with Crippen LogP contribution in [0, 0.1) is 12.7 Å². The van der Waals surface area contributed by atoms with Gasteiger partial charge < -0.3 is 10.6 Å². The standard InChI is InChI=1S/C18H15FN2O/c1-12-9-10-14(11-16(12)19)20-18(22)21-17-8-4-6-13-5-2-3-7-15(13)17/h2-11H,1H3,(H2,20,21,22). The summed E-state index contributed by atoms with van der Waals surface area (Å²) in [6.45, 7) is 1.68. The highest BCUT2D eigenvalue weighted by Gasteiger charge is 2.07. The third-order valence-electron chi connectivity index (χ3n) is 3.47.